The predicted molar refractivity (Wildman–Crippen MR) is 111 cm³/mol. The monoisotopic (exact) mass is 414 g/mol. The van der Waals surface area contributed by atoms with Crippen LogP contribution in [0.2, 0.25) is 0 Å². The SMILES string of the molecule is Cc1csc2nc(CSc3nc4ccccc4c(=O)n3CCCO)cc(=O)n12. The summed E-state index contributed by atoms with van der Waals surface area (Å²) in [6.45, 7) is 2.25. The zero-order chi connectivity index (χ0) is 19.7. The quantitative estimate of drug-likeness (QED) is 0.385. The van der Waals surface area contributed by atoms with Crippen molar-refractivity contribution in [2.45, 2.75) is 30.8 Å². The zero-order valence-corrected chi connectivity index (χ0v) is 16.8. The van der Waals surface area contributed by atoms with E-state index in [1.165, 1.54) is 29.2 Å². The minimum atomic E-state index is -0.126. The average molecular weight is 415 g/mol. The molecule has 0 radical (unpaired) electrons. The fourth-order valence-electron chi connectivity index (χ4n) is 3.00. The van der Waals surface area contributed by atoms with Gasteiger partial charge in [-0.2, -0.15) is 0 Å². The molecule has 7 nitrogen and oxygen atoms in total. The molecule has 3 heterocycles. The molecule has 1 N–H and O–H groups in total. The van der Waals surface area contributed by atoms with Crippen LogP contribution in [0.4, 0.5) is 0 Å². The number of aliphatic hydroxyl groups excluding tert-OH is 1. The molecule has 1 aromatic carbocycles. The van der Waals surface area contributed by atoms with E-state index in [9.17, 15) is 14.7 Å². The highest BCUT2D eigenvalue weighted by Crippen LogP contribution is 2.22. The Morgan fingerprint density at radius 2 is 2.04 bits per heavy atom. The number of thioether (sulfide) groups is 1. The molecule has 3 aromatic heterocycles. The molecular weight excluding hydrogens is 396 g/mol. The molecule has 28 heavy (non-hydrogen) atoms. The largest absolute Gasteiger partial charge is 0.396 e. The van der Waals surface area contributed by atoms with E-state index in [1.54, 1.807) is 15.0 Å². The minimum absolute atomic E-state index is 0.00388. The van der Waals surface area contributed by atoms with Crippen LogP contribution >= 0.6 is 23.1 Å². The molecule has 0 bridgehead atoms. The van der Waals surface area contributed by atoms with Crippen LogP contribution in [0.25, 0.3) is 15.9 Å². The maximum atomic E-state index is 12.9. The van der Waals surface area contributed by atoms with Gasteiger partial charge in [-0.1, -0.05) is 23.9 Å². The van der Waals surface area contributed by atoms with E-state index in [1.807, 2.05) is 30.5 Å². The molecule has 0 aliphatic carbocycles. The molecule has 0 saturated heterocycles. The van der Waals surface area contributed by atoms with Gasteiger partial charge in [0.05, 0.1) is 16.6 Å². The summed E-state index contributed by atoms with van der Waals surface area (Å²) in [5.41, 5.74) is 1.91. The van der Waals surface area contributed by atoms with Crippen molar-refractivity contribution in [3.8, 4) is 0 Å². The first-order chi connectivity index (χ1) is 13.6. The molecule has 0 fully saturated rings. The highest BCUT2D eigenvalue weighted by atomic mass is 32.2. The smallest absolute Gasteiger partial charge is 0.262 e. The Hall–Kier alpha value is -2.49. The van der Waals surface area contributed by atoms with E-state index in [4.69, 9.17) is 0 Å². The summed E-state index contributed by atoms with van der Waals surface area (Å²) in [5.74, 6) is 0.423. The Morgan fingerprint density at radius 3 is 2.86 bits per heavy atom. The van der Waals surface area contributed by atoms with Crippen molar-refractivity contribution < 1.29 is 5.11 Å². The number of aliphatic hydroxyl groups is 1. The summed E-state index contributed by atoms with van der Waals surface area (Å²) >= 11 is 2.79. The number of aromatic nitrogens is 4. The number of nitrogens with zero attached hydrogens (tertiary/aromatic N) is 4. The first kappa shape index (κ1) is 18.9. The second kappa shape index (κ2) is 7.86. The lowest BCUT2D eigenvalue weighted by Crippen LogP contribution is -2.24. The number of thiazole rings is 1. The number of para-hydroxylation sites is 1. The Kier molecular flexibility index (Phi) is 5.29. The van der Waals surface area contributed by atoms with Gasteiger partial charge in [-0.15, -0.1) is 11.3 Å². The van der Waals surface area contributed by atoms with Crippen LogP contribution in [-0.2, 0) is 12.3 Å². The number of rotatable bonds is 6. The van der Waals surface area contributed by atoms with Crippen LogP contribution in [0.1, 0.15) is 17.8 Å². The lowest BCUT2D eigenvalue weighted by atomic mass is 10.2. The van der Waals surface area contributed by atoms with E-state index in [0.717, 1.165) is 5.69 Å². The highest BCUT2D eigenvalue weighted by Gasteiger charge is 2.13. The molecule has 144 valence electrons. The van der Waals surface area contributed by atoms with Crippen LogP contribution in [0.15, 0.2) is 50.5 Å². The topological polar surface area (TPSA) is 89.5 Å². The molecule has 0 atom stereocenters. The summed E-state index contributed by atoms with van der Waals surface area (Å²) in [6.07, 6.45) is 0.466. The number of aryl methyl sites for hydroxylation is 1. The molecule has 0 saturated carbocycles. The van der Waals surface area contributed by atoms with Crippen molar-refractivity contribution >= 4 is 39.0 Å². The Labute approximate surface area is 168 Å². The van der Waals surface area contributed by atoms with Gasteiger partial charge in [-0.3, -0.25) is 18.6 Å². The zero-order valence-electron chi connectivity index (χ0n) is 15.2. The van der Waals surface area contributed by atoms with E-state index in [-0.39, 0.29) is 17.7 Å². The third-order valence-electron chi connectivity index (χ3n) is 4.34. The first-order valence-electron chi connectivity index (χ1n) is 8.78. The number of hydrogen-bond donors (Lipinski definition) is 1. The van der Waals surface area contributed by atoms with Crippen molar-refractivity contribution in [1.29, 1.82) is 0 Å². The Morgan fingerprint density at radius 1 is 1.21 bits per heavy atom. The molecule has 0 aliphatic rings. The second-order valence-corrected chi connectivity index (χ2v) is 8.09. The highest BCUT2D eigenvalue weighted by molar-refractivity contribution is 7.98. The first-order valence-corrected chi connectivity index (χ1v) is 10.6. The third kappa shape index (κ3) is 3.48. The van der Waals surface area contributed by atoms with Crippen LogP contribution in [-0.4, -0.2) is 30.6 Å². The molecular formula is C19H18N4O3S2. The van der Waals surface area contributed by atoms with Gasteiger partial charge in [0, 0.05) is 36.0 Å². The standard InChI is InChI=1S/C19H18N4O3S2/c1-12-10-27-19-20-13(9-16(25)23(12)19)11-28-18-21-15-6-3-2-5-14(15)17(26)22(18)7-4-8-24/h2-3,5-6,9-10,24H,4,7-8,11H2,1H3. The minimum Gasteiger partial charge on any atom is -0.396 e. The summed E-state index contributed by atoms with van der Waals surface area (Å²) in [5, 5.41) is 12.2. The van der Waals surface area contributed by atoms with Gasteiger partial charge in [-0.05, 0) is 25.5 Å². The van der Waals surface area contributed by atoms with Crippen molar-refractivity contribution in [3.63, 3.8) is 0 Å². The summed E-state index contributed by atoms with van der Waals surface area (Å²) in [6, 6.07) is 8.74. The Balaban J connectivity index is 1.71. The maximum absolute atomic E-state index is 12.9. The van der Waals surface area contributed by atoms with Crippen molar-refractivity contribution in [3.05, 3.63) is 67.8 Å². The van der Waals surface area contributed by atoms with Gasteiger partial charge >= 0.3 is 0 Å². The van der Waals surface area contributed by atoms with Crippen LogP contribution in [0, 0.1) is 6.92 Å². The molecule has 4 rings (SSSR count). The molecule has 0 amide bonds. The number of fused-ring (bicyclic) bond motifs is 2. The molecule has 0 aliphatic heterocycles. The molecule has 4 aromatic rings. The van der Waals surface area contributed by atoms with E-state index in [0.29, 0.717) is 45.4 Å². The van der Waals surface area contributed by atoms with Gasteiger partial charge in [0.15, 0.2) is 10.1 Å². The van der Waals surface area contributed by atoms with Gasteiger partial charge in [0.1, 0.15) is 0 Å². The molecule has 9 heteroatoms. The molecule has 0 spiro atoms. The number of hydrogen-bond acceptors (Lipinski definition) is 7. The van der Waals surface area contributed by atoms with Crippen molar-refractivity contribution in [2.24, 2.45) is 0 Å². The summed E-state index contributed by atoms with van der Waals surface area (Å²) < 4.78 is 3.17. The van der Waals surface area contributed by atoms with E-state index < -0.39 is 0 Å². The average Bonchev–Trinajstić information content (AvgIpc) is 3.07. The van der Waals surface area contributed by atoms with Gasteiger partial charge < -0.3 is 5.11 Å². The van der Waals surface area contributed by atoms with Crippen LogP contribution in [0.3, 0.4) is 0 Å². The fourth-order valence-corrected chi connectivity index (χ4v) is 4.81. The number of benzene rings is 1. The fraction of sp³-hybridized carbons (Fsp3) is 0.263. The maximum Gasteiger partial charge on any atom is 0.262 e. The van der Waals surface area contributed by atoms with Crippen molar-refractivity contribution in [1.82, 2.24) is 18.9 Å². The normalized spacial score (nSPS) is 11.5. The molecule has 0 unspecified atom stereocenters. The van der Waals surface area contributed by atoms with Crippen LogP contribution < -0.4 is 11.1 Å². The van der Waals surface area contributed by atoms with E-state index in [2.05, 4.69) is 9.97 Å². The summed E-state index contributed by atoms with van der Waals surface area (Å²) in [7, 11) is 0. The Bertz CT molecular complexity index is 1280. The summed E-state index contributed by atoms with van der Waals surface area (Å²) in [4.78, 5) is 35.1. The predicted octanol–water partition coefficient (Wildman–Crippen LogP) is 2.45. The van der Waals surface area contributed by atoms with Gasteiger partial charge in [0.25, 0.3) is 11.1 Å². The van der Waals surface area contributed by atoms with E-state index >= 15 is 0 Å². The lowest BCUT2D eigenvalue weighted by molar-refractivity contribution is 0.276. The lowest BCUT2D eigenvalue weighted by Gasteiger charge is -2.12. The van der Waals surface area contributed by atoms with Crippen LogP contribution in [0.5, 0.6) is 0 Å². The van der Waals surface area contributed by atoms with Gasteiger partial charge in [0.2, 0.25) is 0 Å². The van der Waals surface area contributed by atoms with Crippen molar-refractivity contribution in [2.75, 3.05) is 6.61 Å². The third-order valence-corrected chi connectivity index (χ3v) is 6.30. The van der Waals surface area contributed by atoms with Gasteiger partial charge in [-0.25, -0.2) is 9.97 Å². The second-order valence-electron chi connectivity index (χ2n) is 6.31.